The van der Waals surface area contributed by atoms with E-state index in [-0.39, 0.29) is 0 Å². The third-order valence-corrected chi connectivity index (χ3v) is 1.82. The van der Waals surface area contributed by atoms with Crippen molar-refractivity contribution in [3.63, 3.8) is 0 Å². The molecule has 0 N–H and O–H groups in total. The minimum absolute atomic E-state index is 0.816. The Labute approximate surface area is 74.4 Å². The molecule has 0 aromatic heterocycles. The van der Waals surface area contributed by atoms with Crippen LogP contribution in [0.4, 0.5) is 0 Å². The Bertz CT molecular complexity index is 230. The maximum Gasteiger partial charge on any atom is 0.122 e. The molecule has 0 heterocycles. The molecule has 0 unspecified atom stereocenters. The molecule has 0 spiro atoms. The van der Waals surface area contributed by atoms with Gasteiger partial charge in [0.15, 0.2) is 0 Å². The summed E-state index contributed by atoms with van der Waals surface area (Å²) in [4.78, 5) is 0. The molecule has 1 aromatic carbocycles. The molecular formula is C11H16O. The van der Waals surface area contributed by atoms with Gasteiger partial charge in [0.2, 0.25) is 0 Å². The quantitative estimate of drug-likeness (QED) is 0.664. The molecule has 1 heteroatoms. The van der Waals surface area contributed by atoms with Gasteiger partial charge in [-0.2, -0.15) is 0 Å². The van der Waals surface area contributed by atoms with Crippen molar-refractivity contribution in [3.8, 4) is 5.75 Å². The van der Waals surface area contributed by atoms with Gasteiger partial charge in [0.1, 0.15) is 5.75 Å². The van der Waals surface area contributed by atoms with Gasteiger partial charge in [0.05, 0.1) is 6.61 Å². The molecule has 66 valence electrons. The van der Waals surface area contributed by atoms with Crippen molar-refractivity contribution in [1.29, 1.82) is 0 Å². The molecule has 0 amide bonds. The predicted octanol–water partition coefficient (Wildman–Crippen LogP) is 3.04. The highest BCUT2D eigenvalue weighted by molar-refractivity contribution is 5.32. The Morgan fingerprint density at radius 3 is 2.58 bits per heavy atom. The standard InChI is InChI=1S/C11H16O/c1-3-9-12-11-8-6-5-7-10(11)4-2/h5-8H,3-4,9H2,1-2H3. The Kier molecular flexibility index (Phi) is 3.65. The second-order valence-electron chi connectivity index (χ2n) is 2.81. The normalized spacial score (nSPS) is 9.83. The molecule has 0 saturated heterocycles. The SMILES string of the molecule is CCCOc1ccccc1CC. The van der Waals surface area contributed by atoms with Gasteiger partial charge >= 0.3 is 0 Å². The highest BCUT2D eigenvalue weighted by Crippen LogP contribution is 2.18. The fraction of sp³-hybridized carbons (Fsp3) is 0.455. The van der Waals surface area contributed by atoms with E-state index in [9.17, 15) is 0 Å². The number of aryl methyl sites for hydroxylation is 1. The van der Waals surface area contributed by atoms with E-state index in [1.54, 1.807) is 0 Å². The lowest BCUT2D eigenvalue weighted by Crippen LogP contribution is -1.97. The first-order valence-electron chi connectivity index (χ1n) is 4.59. The summed E-state index contributed by atoms with van der Waals surface area (Å²) < 4.78 is 5.58. The summed E-state index contributed by atoms with van der Waals surface area (Å²) in [6.07, 6.45) is 2.11. The molecular weight excluding hydrogens is 148 g/mol. The largest absolute Gasteiger partial charge is 0.493 e. The first-order chi connectivity index (χ1) is 5.88. The van der Waals surface area contributed by atoms with E-state index < -0.39 is 0 Å². The molecule has 0 bridgehead atoms. The molecule has 1 nitrogen and oxygen atoms in total. The minimum atomic E-state index is 0.816. The maximum atomic E-state index is 5.58. The maximum absolute atomic E-state index is 5.58. The Hall–Kier alpha value is -0.980. The zero-order chi connectivity index (χ0) is 8.81. The van der Waals surface area contributed by atoms with Crippen LogP contribution in [0.5, 0.6) is 5.75 Å². The average molecular weight is 164 g/mol. The number of ether oxygens (including phenoxy) is 1. The third kappa shape index (κ3) is 2.26. The molecule has 0 saturated carbocycles. The highest BCUT2D eigenvalue weighted by atomic mass is 16.5. The Morgan fingerprint density at radius 2 is 1.92 bits per heavy atom. The minimum Gasteiger partial charge on any atom is -0.493 e. The van der Waals surface area contributed by atoms with Crippen LogP contribution in [-0.4, -0.2) is 6.61 Å². The summed E-state index contributed by atoms with van der Waals surface area (Å²) in [5, 5.41) is 0. The van der Waals surface area contributed by atoms with Gasteiger partial charge in [-0.05, 0) is 24.5 Å². The van der Waals surface area contributed by atoms with Crippen LogP contribution in [0, 0.1) is 0 Å². The number of benzene rings is 1. The zero-order valence-electron chi connectivity index (χ0n) is 7.84. The van der Waals surface area contributed by atoms with Crippen LogP contribution in [0.1, 0.15) is 25.8 Å². The van der Waals surface area contributed by atoms with E-state index in [1.807, 2.05) is 12.1 Å². The summed E-state index contributed by atoms with van der Waals surface area (Å²) >= 11 is 0. The summed E-state index contributed by atoms with van der Waals surface area (Å²) in [5.41, 5.74) is 1.30. The average Bonchev–Trinajstić information content (AvgIpc) is 2.15. The van der Waals surface area contributed by atoms with E-state index in [0.29, 0.717) is 0 Å². The van der Waals surface area contributed by atoms with Crippen molar-refractivity contribution in [1.82, 2.24) is 0 Å². The van der Waals surface area contributed by atoms with E-state index in [1.165, 1.54) is 5.56 Å². The van der Waals surface area contributed by atoms with E-state index in [0.717, 1.165) is 25.2 Å². The van der Waals surface area contributed by atoms with Gasteiger partial charge in [0, 0.05) is 0 Å². The Morgan fingerprint density at radius 1 is 1.17 bits per heavy atom. The first kappa shape index (κ1) is 9.11. The van der Waals surface area contributed by atoms with Crippen LogP contribution in [0.3, 0.4) is 0 Å². The number of hydrogen-bond acceptors (Lipinski definition) is 1. The molecule has 0 radical (unpaired) electrons. The molecule has 0 fully saturated rings. The molecule has 12 heavy (non-hydrogen) atoms. The molecule has 0 aliphatic heterocycles. The van der Waals surface area contributed by atoms with E-state index in [4.69, 9.17) is 4.74 Å². The van der Waals surface area contributed by atoms with Gasteiger partial charge in [-0.1, -0.05) is 32.0 Å². The third-order valence-electron chi connectivity index (χ3n) is 1.82. The van der Waals surface area contributed by atoms with Crippen molar-refractivity contribution < 1.29 is 4.74 Å². The smallest absolute Gasteiger partial charge is 0.122 e. The lowest BCUT2D eigenvalue weighted by molar-refractivity contribution is 0.314. The summed E-state index contributed by atoms with van der Waals surface area (Å²) in [6, 6.07) is 8.22. The van der Waals surface area contributed by atoms with Crippen LogP contribution in [-0.2, 0) is 6.42 Å². The topological polar surface area (TPSA) is 9.23 Å². The first-order valence-corrected chi connectivity index (χ1v) is 4.59. The second-order valence-corrected chi connectivity index (χ2v) is 2.81. The fourth-order valence-corrected chi connectivity index (χ4v) is 1.15. The van der Waals surface area contributed by atoms with E-state index >= 15 is 0 Å². The number of hydrogen-bond donors (Lipinski definition) is 0. The lowest BCUT2D eigenvalue weighted by Gasteiger charge is -2.08. The lowest BCUT2D eigenvalue weighted by atomic mass is 10.1. The van der Waals surface area contributed by atoms with Crippen LogP contribution < -0.4 is 4.74 Å². The van der Waals surface area contributed by atoms with Gasteiger partial charge in [-0.15, -0.1) is 0 Å². The molecule has 0 aliphatic rings. The summed E-state index contributed by atoms with van der Waals surface area (Å²) in [6.45, 7) is 5.08. The predicted molar refractivity (Wildman–Crippen MR) is 51.6 cm³/mol. The fourth-order valence-electron chi connectivity index (χ4n) is 1.15. The van der Waals surface area contributed by atoms with Crippen LogP contribution in [0.2, 0.25) is 0 Å². The molecule has 0 aliphatic carbocycles. The highest BCUT2D eigenvalue weighted by Gasteiger charge is 1.98. The molecule has 1 aromatic rings. The second kappa shape index (κ2) is 4.81. The van der Waals surface area contributed by atoms with Crippen molar-refractivity contribution >= 4 is 0 Å². The van der Waals surface area contributed by atoms with Crippen molar-refractivity contribution in [3.05, 3.63) is 29.8 Å². The van der Waals surface area contributed by atoms with Gasteiger partial charge in [-0.25, -0.2) is 0 Å². The number of para-hydroxylation sites is 1. The van der Waals surface area contributed by atoms with Crippen LogP contribution in [0.25, 0.3) is 0 Å². The number of rotatable bonds is 4. The summed E-state index contributed by atoms with van der Waals surface area (Å²) in [7, 11) is 0. The van der Waals surface area contributed by atoms with Gasteiger partial charge < -0.3 is 4.74 Å². The molecule has 1 rings (SSSR count). The van der Waals surface area contributed by atoms with Crippen LogP contribution in [0.15, 0.2) is 24.3 Å². The van der Waals surface area contributed by atoms with Crippen molar-refractivity contribution in [2.24, 2.45) is 0 Å². The van der Waals surface area contributed by atoms with E-state index in [2.05, 4.69) is 26.0 Å². The Balaban J connectivity index is 2.68. The summed E-state index contributed by atoms with van der Waals surface area (Å²) in [5.74, 6) is 1.04. The zero-order valence-corrected chi connectivity index (χ0v) is 7.84. The van der Waals surface area contributed by atoms with Crippen LogP contribution >= 0.6 is 0 Å². The van der Waals surface area contributed by atoms with Gasteiger partial charge in [0.25, 0.3) is 0 Å². The van der Waals surface area contributed by atoms with Crippen molar-refractivity contribution in [2.75, 3.05) is 6.61 Å². The van der Waals surface area contributed by atoms with Gasteiger partial charge in [-0.3, -0.25) is 0 Å². The monoisotopic (exact) mass is 164 g/mol. The molecule has 0 atom stereocenters. The van der Waals surface area contributed by atoms with Crippen molar-refractivity contribution in [2.45, 2.75) is 26.7 Å².